The number of amides is 2. The second-order valence-corrected chi connectivity index (χ2v) is 9.91. The van der Waals surface area contributed by atoms with Crippen LogP contribution in [0, 0.1) is 0 Å². The van der Waals surface area contributed by atoms with Gasteiger partial charge in [-0.15, -0.1) is 11.8 Å². The summed E-state index contributed by atoms with van der Waals surface area (Å²) in [7, 11) is 1.60. The van der Waals surface area contributed by atoms with Gasteiger partial charge in [0.15, 0.2) is 0 Å². The molecule has 2 N–H and O–H groups in total. The molecule has 2 atom stereocenters. The molecule has 11 heteroatoms. The standard InChI is InChI=1S/C25H25N5O5S/c1-33-22-5-3-17-24(29-22)23-14(12-34-19(23)10-27-17)9-26-7-6-16-11-30(25(32)35-16)15-2-4-20-18(8-15)28-21(31)13-36-20/h2-5,8,10,14,16,26H,6-7,9,11-13H2,1H3,(H,28,31). The summed E-state index contributed by atoms with van der Waals surface area (Å²) in [6, 6.07) is 9.37. The first-order valence-corrected chi connectivity index (χ1v) is 12.8. The predicted octanol–water partition coefficient (Wildman–Crippen LogP) is 3.16. The molecule has 1 aromatic carbocycles. The lowest BCUT2D eigenvalue weighted by atomic mass is 10.00. The van der Waals surface area contributed by atoms with E-state index in [2.05, 4.69) is 20.6 Å². The fourth-order valence-corrected chi connectivity index (χ4v) is 5.56. The normalized spacial score (nSPS) is 20.5. The molecular formula is C25H25N5O5S. The van der Waals surface area contributed by atoms with E-state index in [0.29, 0.717) is 44.3 Å². The predicted molar refractivity (Wildman–Crippen MR) is 135 cm³/mol. The highest BCUT2D eigenvalue weighted by Crippen LogP contribution is 2.38. The van der Waals surface area contributed by atoms with Gasteiger partial charge in [-0.1, -0.05) is 0 Å². The third kappa shape index (κ3) is 4.28. The molecule has 0 radical (unpaired) electrons. The zero-order chi connectivity index (χ0) is 24.6. The number of fused-ring (bicyclic) bond motifs is 4. The molecule has 2 unspecified atom stereocenters. The number of carbonyl (C=O) groups excluding carboxylic acids is 2. The average Bonchev–Trinajstić information content (AvgIpc) is 3.49. The van der Waals surface area contributed by atoms with Gasteiger partial charge in [0.25, 0.3) is 0 Å². The molecular weight excluding hydrogens is 482 g/mol. The quantitative estimate of drug-likeness (QED) is 0.465. The number of hydrogen-bond donors (Lipinski definition) is 2. The van der Waals surface area contributed by atoms with Crippen molar-refractivity contribution in [3.8, 4) is 11.6 Å². The van der Waals surface area contributed by atoms with Gasteiger partial charge in [0.1, 0.15) is 17.4 Å². The van der Waals surface area contributed by atoms with Gasteiger partial charge in [0.2, 0.25) is 11.8 Å². The number of thioether (sulfide) groups is 1. The first-order valence-electron chi connectivity index (χ1n) is 11.8. The van der Waals surface area contributed by atoms with E-state index >= 15 is 0 Å². The Morgan fingerprint density at radius 2 is 2.19 bits per heavy atom. The van der Waals surface area contributed by atoms with Gasteiger partial charge in [0, 0.05) is 34.7 Å². The number of ether oxygens (including phenoxy) is 3. The summed E-state index contributed by atoms with van der Waals surface area (Å²) >= 11 is 1.49. The minimum absolute atomic E-state index is 0.0351. The third-order valence-corrected chi connectivity index (χ3v) is 7.64. The molecule has 6 rings (SSSR count). The van der Waals surface area contributed by atoms with Gasteiger partial charge in [-0.25, -0.2) is 9.78 Å². The van der Waals surface area contributed by atoms with Crippen LogP contribution in [0.5, 0.6) is 11.6 Å². The minimum atomic E-state index is -0.369. The van der Waals surface area contributed by atoms with Crippen molar-refractivity contribution in [3.05, 3.63) is 42.1 Å². The molecule has 3 aliphatic rings. The zero-order valence-electron chi connectivity index (χ0n) is 19.7. The zero-order valence-corrected chi connectivity index (χ0v) is 20.5. The Hall–Kier alpha value is -3.57. The van der Waals surface area contributed by atoms with E-state index in [1.807, 2.05) is 24.3 Å². The van der Waals surface area contributed by atoms with Crippen LogP contribution in [0.25, 0.3) is 11.0 Å². The molecule has 5 heterocycles. The van der Waals surface area contributed by atoms with Crippen LogP contribution in [-0.2, 0) is 9.53 Å². The van der Waals surface area contributed by atoms with E-state index < -0.39 is 0 Å². The van der Waals surface area contributed by atoms with Crippen LogP contribution < -0.4 is 25.0 Å². The monoisotopic (exact) mass is 507 g/mol. The smallest absolute Gasteiger partial charge is 0.414 e. The number of methoxy groups -OCH3 is 1. The Balaban J connectivity index is 1.05. The highest BCUT2D eigenvalue weighted by atomic mass is 32.2. The van der Waals surface area contributed by atoms with Gasteiger partial charge in [-0.3, -0.25) is 14.7 Å². The number of nitrogens with zero attached hydrogens (tertiary/aromatic N) is 3. The molecule has 186 valence electrons. The van der Waals surface area contributed by atoms with Crippen molar-refractivity contribution in [1.82, 2.24) is 15.3 Å². The van der Waals surface area contributed by atoms with Crippen molar-refractivity contribution in [2.75, 3.05) is 49.3 Å². The third-order valence-electron chi connectivity index (χ3n) is 6.56. The number of rotatable bonds is 7. The molecule has 3 aliphatic heterocycles. The molecule has 36 heavy (non-hydrogen) atoms. The van der Waals surface area contributed by atoms with Gasteiger partial charge < -0.3 is 24.8 Å². The highest BCUT2D eigenvalue weighted by Gasteiger charge is 2.33. The van der Waals surface area contributed by atoms with Crippen molar-refractivity contribution >= 4 is 46.2 Å². The molecule has 0 aliphatic carbocycles. The van der Waals surface area contributed by atoms with Gasteiger partial charge in [-0.2, -0.15) is 0 Å². The first kappa shape index (κ1) is 22.9. The average molecular weight is 508 g/mol. The molecule has 1 saturated heterocycles. The van der Waals surface area contributed by atoms with Crippen LogP contribution in [0.1, 0.15) is 17.9 Å². The fourth-order valence-electron chi connectivity index (χ4n) is 4.77. The van der Waals surface area contributed by atoms with E-state index in [0.717, 1.165) is 38.6 Å². The molecule has 2 amide bonds. The summed E-state index contributed by atoms with van der Waals surface area (Å²) in [6.45, 7) is 2.42. The van der Waals surface area contributed by atoms with Crippen LogP contribution in [0.2, 0.25) is 0 Å². The molecule has 3 aromatic rings. The Labute approximate surface area is 211 Å². The summed E-state index contributed by atoms with van der Waals surface area (Å²) in [5, 5.41) is 6.35. The van der Waals surface area contributed by atoms with Crippen LogP contribution >= 0.6 is 11.8 Å². The molecule has 10 nitrogen and oxygen atoms in total. The number of pyridine rings is 2. The lowest BCUT2D eigenvalue weighted by molar-refractivity contribution is -0.113. The summed E-state index contributed by atoms with van der Waals surface area (Å²) in [5.74, 6) is 1.81. The molecule has 1 fully saturated rings. The van der Waals surface area contributed by atoms with E-state index in [-0.39, 0.29) is 24.0 Å². The van der Waals surface area contributed by atoms with Crippen molar-refractivity contribution in [1.29, 1.82) is 0 Å². The van der Waals surface area contributed by atoms with Crippen molar-refractivity contribution in [2.45, 2.75) is 23.3 Å². The second-order valence-electron chi connectivity index (χ2n) is 8.89. The highest BCUT2D eigenvalue weighted by molar-refractivity contribution is 8.00. The number of cyclic esters (lactones) is 1. The van der Waals surface area contributed by atoms with Crippen molar-refractivity contribution in [3.63, 3.8) is 0 Å². The van der Waals surface area contributed by atoms with E-state index in [1.165, 1.54) is 11.8 Å². The van der Waals surface area contributed by atoms with Crippen LogP contribution in [-0.4, -0.2) is 67.2 Å². The number of carbonyl (C=O) groups is 2. The molecule has 0 spiro atoms. The van der Waals surface area contributed by atoms with Crippen LogP contribution in [0.3, 0.4) is 0 Å². The second kappa shape index (κ2) is 9.47. The maximum Gasteiger partial charge on any atom is 0.414 e. The van der Waals surface area contributed by atoms with Gasteiger partial charge in [0.05, 0.1) is 43.4 Å². The maximum absolute atomic E-state index is 12.5. The molecule has 0 saturated carbocycles. The Morgan fingerprint density at radius 3 is 3.08 bits per heavy atom. The minimum Gasteiger partial charge on any atom is -0.491 e. The molecule has 0 bridgehead atoms. The van der Waals surface area contributed by atoms with E-state index in [4.69, 9.17) is 14.2 Å². The topological polar surface area (TPSA) is 115 Å². The first-order chi connectivity index (χ1) is 17.6. The van der Waals surface area contributed by atoms with Gasteiger partial charge in [-0.05, 0) is 37.2 Å². The number of benzene rings is 1. The number of hydrogen-bond acceptors (Lipinski definition) is 9. The Morgan fingerprint density at radius 1 is 1.28 bits per heavy atom. The lowest BCUT2D eigenvalue weighted by Gasteiger charge is -2.20. The van der Waals surface area contributed by atoms with Crippen LogP contribution in [0.15, 0.2) is 41.4 Å². The van der Waals surface area contributed by atoms with Crippen LogP contribution in [0.4, 0.5) is 16.2 Å². The summed E-state index contributed by atoms with van der Waals surface area (Å²) < 4.78 is 16.8. The van der Waals surface area contributed by atoms with E-state index in [1.54, 1.807) is 24.3 Å². The lowest BCUT2D eigenvalue weighted by Crippen LogP contribution is -2.28. The van der Waals surface area contributed by atoms with Gasteiger partial charge >= 0.3 is 6.09 Å². The number of nitrogens with one attached hydrogen (secondary N) is 2. The fraction of sp³-hybridized carbons (Fsp3) is 0.360. The summed E-state index contributed by atoms with van der Waals surface area (Å²) in [4.78, 5) is 35.9. The largest absolute Gasteiger partial charge is 0.491 e. The number of aromatic nitrogens is 2. The number of anilines is 2. The SMILES string of the molecule is COc1ccc2ncc3c(c2n1)C(CNCCC1CN(c2ccc4c(c2)NC(=O)CS4)C(=O)O1)CO3. The summed E-state index contributed by atoms with van der Waals surface area (Å²) in [6.07, 6.45) is 1.85. The summed E-state index contributed by atoms with van der Waals surface area (Å²) in [5.41, 5.74) is 4.11. The Kier molecular flexibility index (Phi) is 6.02. The molecule has 2 aromatic heterocycles. The van der Waals surface area contributed by atoms with Crippen molar-refractivity contribution in [2.24, 2.45) is 0 Å². The maximum atomic E-state index is 12.5. The van der Waals surface area contributed by atoms with Crippen molar-refractivity contribution < 1.29 is 23.8 Å². The van der Waals surface area contributed by atoms with E-state index in [9.17, 15) is 9.59 Å². The Bertz CT molecular complexity index is 1350.